The number of esters is 1. The van der Waals surface area contributed by atoms with Gasteiger partial charge in [-0.25, -0.2) is 14.2 Å². The first kappa shape index (κ1) is 18.8. The molecule has 1 aliphatic carbocycles. The van der Waals surface area contributed by atoms with Crippen molar-refractivity contribution in [2.45, 2.75) is 19.3 Å². The van der Waals surface area contributed by atoms with Gasteiger partial charge in [0.25, 0.3) is 5.91 Å². The molecule has 0 saturated heterocycles. The van der Waals surface area contributed by atoms with Crippen LogP contribution >= 0.6 is 0 Å². The van der Waals surface area contributed by atoms with Crippen molar-refractivity contribution in [3.63, 3.8) is 0 Å². The summed E-state index contributed by atoms with van der Waals surface area (Å²) in [5, 5.41) is 0.684. The molecule has 0 saturated carbocycles. The third kappa shape index (κ3) is 3.87. The minimum absolute atomic E-state index is 0.292. The van der Waals surface area contributed by atoms with Crippen molar-refractivity contribution >= 4 is 34.4 Å². The molecule has 0 radical (unpaired) electrons. The Morgan fingerprint density at radius 3 is 2.62 bits per heavy atom. The molecular formula is C23H19FN2O3. The lowest BCUT2D eigenvalue weighted by Gasteiger charge is -2.22. The van der Waals surface area contributed by atoms with Crippen LogP contribution < -0.4 is 5.73 Å². The van der Waals surface area contributed by atoms with Gasteiger partial charge in [0.2, 0.25) is 0 Å². The number of halogens is 1. The first-order chi connectivity index (χ1) is 14.0. The molecule has 1 aromatic heterocycles. The third-order valence-electron chi connectivity index (χ3n) is 4.93. The van der Waals surface area contributed by atoms with Crippen molar-refractivity contribution in [1.29, 1.82) is 0 Å². The van der Waals surface area contributed by atoms with Gasteiger partial charge in [0.05, 0.1) is 16.8 Å². The van der Waals surface area contributed by atoms with Gasteiger partial charge in [0.1, 0.15) is 5.82 Å². The van der Waals surface area contributed by atoms with Crippen molar-refractivity contribution in [2.75, 3.05) is 6.61 Å². The van der Waals surface area contributed by atoms with E-state index in [-0.39, 0.29) is 5.82 Å². The number of carbonyl (C=O) groups is 2. The van der Waals surface area contributed by atoms with E-state index in [1.165, 1.54) is 12.1 Å². The van der Waals surface area contributed by atoms with E-state index >= 15 is 0 Å². The summed E-state index contributed by atoms with van der Waals surface area (Å²) in [6.07, 6.45) is 4.29. The average molecular weight is 390 g/mol. The van der Waals surface area contributed by atoms with Crippen LogP contribution in [0.15, 0.2) is 48.5 Å². The SMILES string of the molecule is NC(=O)COC(=O)c1c2c(nc3ccccc13)C(=Cc1ccc(F)cc1)CCC2. The Morgan fingerprint density at radius 2 is 1.86 bits per heavy atom. The minimum Gasteiger partial charge on any atom is -0.452 e. The highest BCUT2D eigenvalue weighted by atomic mass is 19.1. The summed E-state index contributed by atoms with van der Waals surface area (Å²) in [5.41, 5.74) is 9.61. The maximum atomic E-state index is 13.2. The van der Waals surface area contributed by atoms with E-state index in [4.69, 9.17) is 15.5 Å². The number of amides is 1. The summed E-state index contributed by atoms with van der Waals surface area (Å²) in [4.78, 5) is 28.7. The van der Waals surface area contributed by atoms with Crippen molar-refractivity contribution in [3.05, 3.63) is 76.7 Å². The molecule has 0 spiro atoms. The predicted octanol–water partition coefficient (Wildman–Crippen LogP) is 3.89. The molecule has 1 heterocycles. The zero-order valence-electron chi connectivity index (χ0n) is 15.7. The number of hydrogen-bond acceptors (Lipinski definition) is 4. The maximum absolute atomic E-state index is 13.2. The maximum Gasteiger partial charge on any atom is 0.339 e. The molecule has 5 nitrogen and oxygen atoms in total. The van der Waals surface area contributed by atoms with Crippen LogP contribution in [0.5, 0.6) is 0 Å². The van der Waals surface area contributed by atoms with Gasteiger partial charge < -0.3 is 10.5 Å². The highest BCUT2D eigenvalue weighted by molar-refractivity contribution is 6.07. The number of pyridine rings is 1. The molecule has 0 fully saturated rings. The predicted molar refractivity (Wildman–Crippen MR) is 108 cm³/mol. The summed E-state index contributed by atoms with van der Waals surface area (Å²) in [5.74, 6) is -1.58. The van der Waals surface area contributed by atoms with Crippen molar-refractivity contribution in [1.82, 2.24) is 4.98 Å². The summed E-state index contributed by atoms with van der Waals surface area (Å²) >= 11 is 0. The number of nitrogens with two attached hydrogens (primary N) is 1. The number of para-hydroxylation sites is 1. The van der Waals surface area contributed by atoms with Crippen molar-refractivity contribution in [2.24, 2.45) is 5.73 Å². The molecular weight excluding hydrogens is 371 g/mol. The van der Waals surface area contributed by atoms with E-state index in [0.717, 1.165) is 35.2 Å². The van der Waals surface area contributed by atoms with Gasteiger partial charge in [-0.15, -0.1) is 0 Å². The second kappa shape index (κ2) is 7.83. The molecule has 1 amide bonds. The minimum atomic E-state index is -0.706. The number of carbonyl (C=O) groups excluding carboxylic acids is 2. The molecule has 146 valence electrons. The lowest BCUT2D eigenvalue weighted by molar-refractivity contribution is -0.121. The molecule has 29 heavy (non-hydrogen) atoms. The quantitative estimate of drug-likeness (QED) is 0.685. The zero-order chi connectivity index (χ0) is 20.4. The monoisotopic (exact) mass is 390 g/mol. The summed E-state index contributed by atoms with van der Waals surface area (Å²) in [6, 6.07) is 13.6. The van der Waals surface area contributed by atoms with E-state index in [1.807, 2.05) is 30.3 Å². The van der Waals surface area contributed by atoms with E-state index < -0.39 is 18.5 Å². The van der Waals surface area contributed by atoms with Crippen LogP contribution in [0.2, 0.25) is 0 Å². The zero-order valence-corrected chi connectivity index (χ0v) is 15.7. The van der Waals surface area contributed by atoms with Crippen LogP contribution in [0.3, 0.4) is 0 Å². The molecule has 4 rings (SSSR count). The van der Waals surface area contributed by atoms with E-state index in [1.54, 1.807) is 12.1 Å². The van der Waals surface area contributed by atoms with Crippen LogP contribution in [0, 0.1) is 5.82 Å². The van der Waals surface area contributed by atoms with Gasteiger partial charge in [0.15, 0.2) is 6.61 Å². The van der Waals surface area contributed by atoms with Crippen LogP contribution in [-0.2, 0) is 16.0 Å². The third-order valence-corrected chi connectivity index (χ3v) is 4.93. The summed E-state index contributed by atoms with van der Waals surface area (Å²) in [6.45, 7) is -0.470. The Morgan fingerprint density at radius 1 is 1.10 bits per heavy atom. The molecule has 0 bridgehead atoms. The fourth-order valence-electron chi connectivity index (χ4n) is 3.68. The number of ether oxygens (including phenoxy) is 1. The van der Waals surface area contributed by atoms with E-state index in [9.17, 15) is 14.0 Å². The second-order valence-corrected chi connectivity index (χ2v) is 6.95. The molecule has 0 atom stereocenters. The number of rotatable bonds is 4. The number of aromatic nitrogens is 1. The number of primary amides is 1. The number of nitrogens with zero attached hydrogens (tertiary/aromatic N) is 1. The largest absolute Gasteiger partial charge is 0.452 e. The summed E-state index contributed by atoms with van der Waals surface area (Å²) < 4.78 is 18.4. The topological polar surface area (TPSA) is 82.3 Å². The van der Waals surface area contributed by atoms with Gasteiger partial charge in [0, 0.05) is 5.39 Å². The first-order valence-electron chi connectivity index (χ1n) is 9.36. The number of allylic oxidation sites excluding steroid dienone is 1. The number of fused-ring (bicyclic) bond motifs is 2. The Labute approximate surface area is 167 Å². The van der Waals surface area contributed by atoms with Crippen LogP contribution in [0.4, 0.5) is 4.39 Å². The fraction of sp³-hybridized carbons (Fsp3) is 0.174. The molecule has 3 aromatic rings. The van der Waals surface area contributed by atoms with Crippen LogP contribution in [0.25, 0.3) is 22.6 Å². The molecule has 0 unspecified atom stereocenters. The number of benzene rings is 2. The Kier molecular flexibility index (Phi) is 5.08. The van der Waals surface area contributed by atoms with Gasteiger partial charge in [-0.3, -0.25) is 4.79 Å². The van der Waals surface area contributed by atoms with Crippen molar-refractivity contribution < 1.29 is 18.7 Å². The molecule has 0 aliphatic heterocycles. The smallest absolute Gasteiger partial charge is 0.339 e. The normalized spacial score (nSPS) is 14.6. The highest BCUT2D eigenvalue weighted by Crippen LogP contribution is 2.36. The van der Waals surface area contributed by atoms with Gasteiger partial charge in [-0.2, -0.15) is 0 Å². The molecule has 1 aliphatic rings. The van der Waals surface area contributed by atoms with E-state index in [2.05, 4.69) is 0 Å². The van der Waals surface area contributed by atoms with E-state index in [0.29, 0.717) is 22.9 Å². The Balaban J connectivity index is 1.87. The second-order valence-electron chi connectivity index (χ2n) is 6.95. The lowest BCUT2D eigenvalue weighted by atomic mass is 9.86. The van der Waals surface area contributed by atoms with Crippen molar-refractivity contribution in [3.8, 4) is 0 Å². The van der Waals surface area contributed by atoms with Gasteiger partial charge in [-0.05, 0) is 60.2 Å². The standard InChI is InChI=1S/C23H19FN2O3/c24-16-10-8-14(9-11-16)12-15-4-3-6-18-21(23(28)29-13-20(25)27)17-5-1-2-7-19(17)26-22(15)18/h1-2,5,7-12H,3-4,6,13H2,(H2,25,27). The van der Waals surface area contributed by atoms with Crippen LogP contribution in [0.1, 0.15) is 40.0 Å². The molecule has 2 aromatic carbocycles. The fourth-order valence-corrected chi connectivity index (χ4v) is 3.68. The number of hydrogen-bond donors (Lipinski definition) is 1. The first-order valence-corrected chi connectivity index (χ1v) is 9.36. The average Bonchev–Trinajstić information content (AvgIpc) is 2.72. The van der Waals surface area contributed by atoms with Gasteiger partial charge in [-0.1, -0.05) is 30.3 Å². The Hall–Kier alpha value is -3.54. The molecule has 6 heteroatoms. The lowest BCUT2D eigenvalue weighted by Crippen LogP contribution is -2.22. The highest BCUT2D eigenvalue weighted by Gasteiger charge is 2.26. The van der Waals surface area contributed by atoms with Crippen LogP contribution in [-0.4, -0.2) is 23.5 Å². The summed E-state index contributed by atoms with van der Waals surface area (Å²) in [7, 11) is 0. The van der Waals surface area contributed by atoms with Gasteiger partial charge >= 0.3 is 5.97 Å². The molecule has 2 N–H and O–H groups in total. The Bertz CT molecular complexity index is 1140.